The molecule has 0 aliphatic carbocycles. The first-order valence-electron chi connectivity index (χ1n) is 5.25. The quantitative estimate of drug-likeness (QED) is 0.629. The highest BCUT2D eigenvalue weighted by molar-refractivity contribution is 5.92. The van der Waals surface area contributed by atoms with Crippen LogP contribution in [0.1, 0.15) is 20.7 Å². The van der Waals surface area contributed by atoms with Crippen molar-refractivity contribution >= 4 is 11.9 Å². The van der Waals surface area contributed by atoms with E-state index in [9.17, 15) is 9.59 Å². The first kappa shape index (κ1) is 14.3. The molecule has 0 unspecified atom stereocenters. The van der Waals surface area contributed by atoms with E-state index in [0.29, 0.717) is 11.1 Å². The molecule has 0 saturated heterocycles. The summed E-state index contributed by atoms with van der Waals surface area (Å²) in [4.78, 5) is 28.1. The Morgan fingerprint density at radius 1 is 1.05 bits per heavy atom. The van der Waals surface area contributed by atoms with Crippen LogP contribution in [0, 0.1) is 0 Å². The van der Waals surface area contributed by atoms with E-state index in [1.807, 2.05) is 0 Å². The Balaban J connectivity index is 0.000000191. The number of nitrogens with two attached hydrogens (primary N) is 1. The summed E-state index contributed by atoms with van der Waals surface area (Å²) >= 11 is 0. The van der Waals surface area contributed by atoms with Gasteiger partial charge in [-0.2, -0.15) is 5.26 Å². The number of aromatic nitrogens is 1. The maximum absolute atomic E-state index is 10.5. The van der Waals surface area contributed by atoms with Crippen LogP contribution in [0.4, 0.5) is 0 Å². The minimum atomic E-state index is -0.736. The molecule has 0 fully saturated rings. The van der Waals surface area contributed by atoms with Crippen LogP contribution in [0.3, 0.4) is 0 Å². The third-order valence-corrected chi connectivity index (χ3v) is 2.04. The average Bonchev–Trinajstić information content (AvgIpc) is 2.49. The van der Waals surface area contributed by atoms with E-state index in [2.05, 4.69) is 9.87 Å². The van der Waals surface area contributed by atoms with Crippen molar-refractivity contribution in [3.05, 3.63) is 66.0 Å². The van der Waals surface area contributed by atoms with Crippen LogP contribution >= 0.6 is 0 Å². The van der Waals surface area contributed by atoms with E-state index in [-0.39, 0.29) is 0 Å². The SMILES string of the molecule is NC(=O)c1cccnc1.O=C(OO)c1ccccc1. The second-order valence-corrected chi connectivity index (χ2v) is 3.35. The molecular formula is C13H12N2O4. The predicted octanol–water partition coefficient (Wildman–Crippen LogP) is 1.50. The number of benzene rings is 1. The summed E-state index contributed by atoms with van der Waals surface area (Å²) < 4.78 is 0. The lowest BCUT2D eigenvalue weighted by Gasteiger charge is -1.92. The van der Waals surface area contributed by atoms with Gasteiger partial charge in [-0.05, 0) is 24.3 Å². The molecule has 6 nitrogen and oxygen atoms in total. The van der Waals surface area contributed by atoms with Crippen molar-refractivity contribution < 1.29 is 19.7 Å². The van der Waals surface area contributed by atoms with Crippen LogP contribution in [0.5, 0.6) is 0 Å². The molecule has 0 aliphatic rings. The highest BCUT2D eigenvalue weighted by Crippen LogP contribution is 1.98. The van der Waals surface area contributed by atoms with Crippen LogP contribution in [0.15, 0.2) is 54.9 Å². The number of hydrogen-bond donors (Lipinski definition) is 2. The van der Waals surface area contributed by atoms with E-state index in [1.54, 1.807) is 48.7 Å². The number of amides is 1. The molecule has 0 saturated carbocycles. The van der Waals surface area contributed by atoms with Crippen molar-refractivity contribution in [2.24, 2.45) is 5.73 Å². The molecule has 0 radical (unpaired) electrons. The van der Waals surface area contributed by atoms with E-state index in [4.69, 9.17) is 11.0 Å². The molecule has 0 bridgehead atoms. The average molecular weight is 260 g/mol. The number of pyridine rings is 1. The molecule has 0 spiro atoms. The zero-order valence-corrected chi connectivity index (χ0v) is 9.89. The number of primary amides is 1. The standard InChI is InChI=1S/C7H6O3.C6H6N2O/c8-7(10-9)6-4-2-1-3-5-6;7-6(9)5-2-1-3-8-4-5/h1-5,9H;1-4H,(H2,7,9). The molecule has 98 valence electrons. The monoisotopic (exact) mass is 260 g/mol. The molecule has 0 atom stereocenters. The Labute approximate surface area is 109 Å². The van der Waals surface area contributed by atoms with Gasteiger partial charge < -0.3 is 5.73 Å². The van der Waals surface area contributed by atoms with Gasteiger partial charge in [-0.1, -0.05) is 18.2 Å². The van der Waals surface area contributed by atoms with E-state index in [1.165, 1.54) is 6.20 Å². The second kappa shape index (κ2) is 7.57. The van der Waals surface area contributed by atoms with Gasteiger partial charge in [0.05, 0.1) is 11.1 Å². The molecule has 6 heteroatoms. The largest absolute Gasteiger partial charge is 0.372 e. The molecule has 0 aliphatic heterocycles. The number of nitrogens with zero attached hydrogens (tertiary/aromatic N) is 1. The van der Waals surface area contributed by atoms with Gasteiger partial charge in [-0.25, -0.2) is 4.79 Å². The van der Waals surface area contributed by atoms with Crippen molar-refractivity contribution in [1.29, 1.82) is 0 Å². The van der Waals surface area contributed by atoms with Gasteiger partial charge in [0.15, 0.2) is 0 Å². The fourth-order valence-electron chi connectivity index (χ4n) is 1.14. The van der Waals surface area contributed by atoms with Gasteiger partial charge in [0.2, 0.25) is 5.91 Å². The fourth-order valence-corrected chi connectivity index (χ4v) is 1.14. The highest BCUT2D eigenvalue weighted by Gasteiger charge is 2.02. The Bertz CT molecular complexity index is 529. The molecular weight excluding hydrogens is 248 g/mol. The van der Waals surface area contributed by atoms with Gasteiger partial charge in [-0.3, -0.25) is 14.7 Å². The summed E-state index contributed by atoms with van der Waals surface area (Å²) in [5.74, 6) is -1.18. The third kappa shape index (κ3) is 4.97. The Kier molecular flexibility index (Phi) is 5.71. The molecule has 1 heterocycles. The van der Waals surface area contributed by atoms with Gasteiger partial charge >= 0.3 is 5.97 Å². The highest BCUT2D eigenvalue weighted by atomic mass is 17.1. The topological polar surface area (TPSA) is 103 Å². The van der Waals surface area contributed by atoms with Crippen molar-refractivity contribution in [2.75, 3.05) is 0 Å². The van der Waals surface area contributed by atoms with E-state index < -0.39 is 11.9 Å². The fraction of sp³-hybridized carbons (Fsp3) is 0. The Morgan fingerprint density at radius 3 is 2.11 bits per heavy atom. The van der Waals surface area contributed by atoms with Crippen LogP contribution in [0.2, 0.25) is 0 Å². The summed E-state index contributed by atoms with van der Waals surface area (Å²) in [7, 11) is 0. The summed E-state index contributed by atoms with van der Waals surface area (Å²) in [6.07, 6.45) is 3.02. The van der Waals surface area contributed by atoms with Crippen LogP contribution < -0.4 is 5.73 Å². The molecule has 19 heavy (non-hydrogen) atoms. The molecule has 2 rings (SSSR count). The molecule has 3 N–H and O–H groups in total. The number of carbonyl (C=O) groups is 2. The Hall–Kier alpha value is -2.73. The van der Waals surface area contributed by atoms with E-state index >= 15 is 0 Å². The second-order valence-electron chi connectivity index (χ2n) is 3.35. The van der Waals surface area contributed by atoms with Crippen molar-refractivity contribution in [3.63, 3.8) is 0 Å². The Morgan fingerprint density at radius 2 is 1.68 bits per heavy atom. The van der Waals surface area contributed by atoms with E-state index in [0.717, 1.165) is 0 Å². The van der Waals surface area contributed by atoms with Crippen molar-refractivity contribution in [3.8, 4) is 0 Å². The lowest BCUT2D eigenvalue weighted by Crippen LogP contribution is -2.10. The van der Waals surface area contributed by atoms with Gasteiger partial charge in [0.1, 0.15) is 0 Å². The maximum atomic E-state index is 10.5. The minimum Gasteiger partial charge on any atom is -0.366 e. The summed E-state index contributed by atoms with van der Waals surface area (Å²) in [6.45, 7) is 0. The summed E-state index contributed by atoms with van der Waals surface area (Å²) in [5, 5.41) is 7.94. The van der Waals surface area contributed by atoms with Crippen LogP contribution in [-0.4, -0.2) is 22.1 Å². The predicted molar refractivity (Wildman–Crippen MR) is 67.2 cm³/mol. The third-order valence-electron chi connectivity index (χ3n) is 2.04. The lowest BCUT2D eigenvalue weighted by molar-refractivity contribution is -0.182. The van der Waals surface area contributed by atoms with Crippen LogP contribution in [0.25, 0.3) is 0 Å². The maximum Gasteiger partial charge on any atom is 0.372 e. The minimum absolute atomic E-state index is 0.338. The number of rotatable bonds is 2. The normalized spacial score (nSPS) is 8.89. The molecule has 2 aromatic rings. The zero-order chi connectivity index (χ0) is 14.1. The molecule has 1 amide bonds. The first-order valence-corrected chi connectivity index (χ1v) is 5.25. The zero-order valence-electron chi connectivity index (χ0n) is 9.89. The smallest absolute Gasteiger partial charge is 0.366 e. The number of carbonyl (C=O) groups excluding carboxylic acids is 2. The van der Waals surface area contributed by atoms with Gasteiger partial charge in [0, 0.05) is 12.4 Å². The lowest BCUT2D eigenvalue weighted by atomic mass is 10.2. The summed E-state index contributed by atoms with van der Waals surface area (Å²) in [5.41, 5.74) is 5.71. The summed E-state index contributed by atoms with van der Waals surface area (Å²) in [6, 6.07) is 11.5. The van der Waals surface area contributed by atoms with Gasteiger partial charge in [-0.15, -0.1) is 0 Å². The van der Waals surface area contributed by atoms with Crippen LogP contribution in [-0.2, 0) is 4.89 Å². The molecule has 1 aromatic carbocycles. The van der Waals surface area contributed by atoms with Crippen molar-refractivity contribution in [1.82, 2.24) is 4.98 Å². The first-order chi connectivity index (χ1) is 9.15. The van der Waals surface area contributed by atoms with Crippen molar-refractivity contribution in [2.45, 2.75) is 0 Å². The molecule has 1 aromatic heterocycles. The van der Waals surface area contributed by atoms with Gasteiger partial charge in [0.25, 0.3) is 0 Å². The number of hydrogen-bond acceptors (Lipinski definition) is 5.